The van der Waals surface area contributed by atoms with Gasteiger partial charge in [0.05, 0.1) is 17.8 Å². The van der Waals surface area contributed by atoms with Crippen LogP contribution in [0.2, 0.25) is 0 Å². The van der Waals surface area contributed by atoms with Crippen LogP contribution < -0.4 is 15.4 Å². The van der Waals surface area contributed by atoms with Crippen LogP contribution in [0.3, 0.4) is 0 Å². The summed E-state index contributed by atoms with van der Waals surface area (Å²) >= 11 is 0. The van der Waals surface area contributed by atoms with E-state index in [2.05, 4.69) is 35.5 Å². The molecule has 1 aliphatic rings. The summed E-state index contributed by atoms with van der Waals surface area (Å²) < 4.78 is 35.0. The van der Waals surface area contributed by atoms with Crippen LogP contribution in [0, 0.1) is 6.92 Å². The number of rotatable bonds is 8. The van der Waals surface area contributed by atoms with E-state index in [1.54, 1.807) is 42.7 Å². The van der Waals surface area contributed by atoms with Crippen LogP contribution in [-0.4, -0.2) is 51.9 Å². The number of alkyl halides is 2. The van der Waals surface area contributed by atoms with E-state index in [1.807, 2.05) is 6.92 Å². The third kappa shape index (κ3) is 5.83. The van der Waals surface area contributed by atoms with Crippen LogP contribution in [0.4, 0.5) is 14.7 Å². The second-order valence-corrected chi connectivity index (χ2v) is 8.80. The number of H-pyrrole nitrogens is 1. The molecule has 1 atom stereocenters. The summed E-state index contributed by atoms with van der Waals surface area (Å²) in [6.07, 6.45) is 5.12. The molecule has 2 aromatic heterocycles. The van der Waals surface area contributed by atoms with E-state index in [0.717, 1.165) is 29.5 Å². The van der Waals surface area contributed by atoms with Gasteiger partial charge in [0.1, 0.15) is 5.75 Å². The van der Waals surface area contributed by atoms with Crippen molar-refractivity contribution in [2.75, 3.05) is 18.5 Å². The highest BCUT2D eigenvalue weighted by atomic mass is 19.3. The molecule has 4 aromatic rings. The van der Waals surface area contributed by atoms with Crippen LogP contribution in [0.5, 0.6) is 5.75 Å². The maximum atomic E-state index is 13.4. The Labute approximate surface area is 211 Å². The number of nitrogens with one attached hydrogen (secondary N) is 3. The lowest BCUT2D eigenvalue weighted by Crippen LogP contribution is -2.29. The molecule has 1 fully saturated rings. The van der Waals surface area contributed by atoms with E-state index in [1.165, 1.54) is 12.1 Å². The molecule has 5 rings (SSSR count). The summed E-state index contributed by atoms with van der Waals surface area (Å²) in [6, 6.07) is 11.1. The fourth-order valence-corrected chi connectivity index (χ4v) is 4.31. The Kier molecular flexibility index (Phi) is 7.22. The maximum Gasteiger partial charge on any atom is 0.387 e. The average Bonchev–Trinajstić information content (AvgIpc) is 3.33. The van der Waals surface area contributed by atoms with Gasteiger partial charge < -0.3 is 20.1 Å². The highest BCUT2D eigenvalue weighted by Gasteiger charge is 2.22. The molecule has 192 valence electrons. The fourth-order valence-electron chi connectivity index (χ4n) is 4.31. The number of hydrogen-bond acceptors (Lipinski definition) is 7. The van der Waals surface area contributed by atoms with Crippen molar-refractivity contribution in [1.29, 1.82) is 0 Å². The number of halogens is 2. The molecule has 0 radical (unpaired) electrons. The lowest BCUT2D eigenvalue weighted by Gasteiger charge is -2.23. The van der Waals surface area contributed by atoms with Crippen molar-refractivity contribution in [3.63, 3.8) is 0 Å². The van der Waals surface area contributed by atoms with Gasteiger partial charge in [-0.05, 0) is 49.6 Å². The molecule has 3 N–H and O–H groups in total. The molecular formula is C26H26F2N6O3. The molecule has 1 unspecified atom stereocenters. The number of aryl methyl sites for hydroxylation is 1. The van der Waals surface area contributed by atoms with E-state index < -0.39 is 12.7 Å². The number of fused-ring (bicyclic) bond motifs is 1. The van der Waals surface area contributed by atoms with Crippen molar-refractivity contribution >= 4 is 22.8 Å². The summed E-state index contributed by atoms with van der Waals surface area (Å²) in [5.74, 6) is 0.222. The number of carbonyl (C=O) groups is 1. The minimum atomic E-state index is -2.92. The summed E-state index contributed by atoms with van der Waals surface area (Å²) in [5, 5.41) is 14.1. The van der Waals surface area contributed by atoms with Crippen molar-refractivity contribution in [3.8, 4) is 5.75 Å². The zero-order valence-electron chi connectivity index (χ0n) is 20.1. The van der Waals surface area contributed by atoms with Crippen LogP contribution in [0.25, 0.3) is 10.9 Å². The van der Waals surface area contributed by atoms with Crippen LogP contribution >= 0.6 is 0 Å². The van der Waals surface area contributed by atoms with Gasteiger partial charge in [-0.15, -0.1) is 0 Å². The second kappa shape index (κ2) is 10.9. The molecule has 1 aliphatic heterocycles. The molecule has 1 saturated heterocycles. The minimum Gasteiger partial charge on any atom is -0.435 e. The third-order valence-corrected chi connectivity index (χ3v) is 6.29. The Morgan fingerprint density at radius 1 is 1.14 bits per heavy atom. The van der Waals surface area contributed by atoms with Gasteiger partial charge in [-0.2, -0.15) is 13.9 Å². The smallest absolute Gasteiger partial charge is 0.387 e. The number of benzene rings is 2. The van der Waals surface area contributed by atoms with Gasteiger partial charge >= 0.3 is 6.61 Å². The SMILES string of the molecule is Cc1[nH]ncc1C(NC(=O)c1ccc2cnc(NC3CCOCC3)nc2c1)c1ccc(OC(F)F)cc1. The molecule has 0 bridgehead atoms. The highest BCUT2D eigenvalue weighted by Crippen LogP contribution is 2.27. The van der Waals surface area contributed by atoms with Gasteiger partial charge in [-0.1, -0.05) is 18.2 Å². The number of nitrogens with zero attached hydrogens (tertiary/aromatic N) is 3. The average molecular weight is 509 g/mol. The summed E-state index contributed by atoms with van der Waals surface area (Å²) in [6.45, 7) is 0.334. The fraction of sp³-hybridized carbons (Fsp3) is 0.308. The highest BCUT2D eigenvalue weighted by molar-refractivity contribution is 5.98. The van der Waals surface area contributed by atoms with Gasteiger partial charge in [-0.25, -0.2) is 9.97 Å². The Morgan fingerprint density at radius 2 is 1.92 bits per heavy atom. The quantitative estimate of drug-likeness (QED) is 0.324. The first-order valence-corrected chi connectivity index (χ1v) is 11.9. The molecule has 3 heterocycles. The third-order valence-electron chi connectivity index (χ3n) is 6.29. The first kappa shape index (κ1) is 24.6. The number of anilines is 1. The molecule has 0 saturated carbocycles. The van der Waals surface area contributed by atoms with Crippen LogP contribution in [-0.2, 0) is 4.74 Å². The van der Waals surface area contributed by atoms with Gasteiger partial charge in [0.25, 0.3) is 5.91 Å². The Morgan fingerprint density at radius 3 is 2.62 bits per heavy atom. The Hall–Kier alpha value is -4.12. The van der Waals surface area contributed by atoms with E-state index in [0.29, 0.717) is 35.8 Å². The number of hydrogen-bond donors (Lipinski definition) is 3. The Balaban J connectivity index is 1.38. The molecule has 0 spiro atoms. The standard InChI is InChI=1S/C26H26F2N6O3/c1-15-21(14-30-34-15)23(16-4-6-20(7-5-16)37-25(27)28)33-24(35)17-2-3-18-13-29-26(32-22(18)12-17)31-19-8-10-36-11-9-19/h2-7,12-14,19,23,25H,8-11H2,1H3,(H,30,34)(H,33,35)(H,29,31,32). The summed E-state index contributed by atoms with van der Waals surface area (Å²) in [5.41, 5.74) is 3.27. The molecule has 0 aliphatic carbocycles. The van der Waals surface area contributed by atoms with Gasteiger partial charge in [0, 0.05) is 47.7 Å². The molecule has 9 nitrogen and oxygen atoms in total. The van der Waals surface area contributed by atoms with Crippen molar-refractivity contribution in [1.82, 2.24) is 25.5 Å². The monoisotopic (exact) mass is 508 g/mol. The zero-order chi connectivity index (χ0) is 25.8. The van der Waals surface area contributed by atoms with Gasteiger partial charge in [-0.3, -0.25) is 9.89 Å². The van der Waals surface area contributed by atoms with Crippen molar-refractivity contribution in [2.45, 2.75) is 38.5 Å². The lowest BCUT2D eigenvalue weighted by atomic mass is 9.98. The predicted octanol–water partition coefficient (Wildman–Crippen LogP) is 4.37. The molecule has 1 amide bonds. The first-order valence-electron chi connectivity index (χ1n) is 11.9. The van der Waals surface area contributed by atoms with E-state index in [4.69, 9.17) is 4.74 Å². The first-order chi connectivity index (χ1) is 18.0. The van der Waals surface area contributed by atoms with E-state index in [9.17, 15) is 13.6 Å². The number of aromatic amines is 1. The maximum absolute atomic E-state index is 13.4. The molecular weight excluding hydrogens is 482 g/mol. The second-order valence-electron chi connectivity index (χ2n) is 8.80. The minimum absolute atomic E-state index is 0.0344. The van der Waals surface area contributed by atoms with Gasteiger partial charge in [0.2, 0.25) is 5.95 Å². The normalized spacial score (nSPS) is 15.0. The van der Waals surface area contributed by atoms with Crippen molar-refractivity contribution in [2.24, 2.45) is 0 Å². The van der Waals surface area contributed by atoms with Crippen molar-refractivity contribution < 1.29 is 23.0 Å². The van der Waals surface area contributed by atoms with Crippen LogP contribution in [0.15, 0.2) is 54.9 Å². The number of ether oxygens (including phenoxy) is 2. The summed E-state index contributed by atoms with van der Waals surface area (Å²) in [4.78, 5) is 22.4. The number of amides is 1. The van der Waals surface area contributed by atoms with Crippen LogP contribution in [0.1, 0.15) is 46.1 Å². The zero-order valence-corrected chi connectivity index (χ0v) is 20.1. The van der Waals surface area contributed by atoms with E-state index in [-0.39, 0.29) is 17.7 Å². The predicted molar refractivity (Wildman–Crippen MR) is 133 cm³/mol. The molecule has 11 heteroatoms. The van der Waals surface area contributed by atoms with Gasteiger partial charge in [0.15, 0.2) is 0 Å². The molecule has 2 aromatic carbocycles. The Bertz CT molecular complexity index is 1370. The number of aromatic nitrogens is 4. The summed E-state index contributed by atoms with van der Waals surface area (Å²) in [7, 11) is 0. The molecule has 37 heavy (non-hydrogen) atoms. The number of carbonyl (C=O) groups excluding carboxylic acids is 1. The van der Waals surface area contributed by atoms with E-state index >= 15 is 0 Å². The lowest BCUT2D eigenvalue weighted by molar-refractivity contribution is -0.0498. The topological polar surface area (TPSA) is 114 Å². The largest absolute Gasteiger partial charge is 0.435 e. The van der Waals surface area contributed by atoms with Crippen molar-refractivity contribution in [3.05, 3.63) is 77.2 Å².